The molecule has 9 heteroatoms. The maximum atomic E-state index is 11.6. The fourth-order valence-corrected chi connectivity index (χ4v) is 3.01. The van der Waals surface area contributed by atoms with E-state index in [0.717, 1.165) is 23.7 Å². The van der Waals surface area contributed by atoms with Crippen molar-refractivity contribution in [2.24, 2.45) is 10.2 Å². The number of carbonyl (C=O) groups excluding carboxylic acids is 1. The summed E-state index contributed by atoms with van der Waals surface area (Å²) in [5, 5.41) is 18.8. The lowest BCUT2D eigenvalue weighted by atomic mass is 10.2. The molecule has 1 unspecified atom stereocenters. The molecule has 0 spiro atoms. The van der Waals surface area contributed by atoms with Gasteiger partial charge in [-0.1, -0.05) is 18.7 Å². The van der Waals surface area contributed by atoms with Gasteiger partial charge in [0.05, 0.1) is 25.8 Å². The van der Waals surface area contributed by atoms with Crippen molar-refractivity contribution in [3.63, 3.8) is 0 Å². The molecule has 1 aromatic carbocycles. The van der Waals surface area contributed by atoms with Gasteiger partial charge >= 0.3 is 5.97 Å². The van der Waals surface area contributed by atoms with Gasteiger partial charge in [-0.25, -0.2) is 0 Å². The van der Waals surface area contributed by atoms with Crippen LogP contribution in [0.1, 0.15) is 32.3 Å². The number of hydrogen-bond acceptors (Lipinski definition) is 7. The van der Waals surface area contributed by atoms with Crippen LogP contribution in [0.5, 0.6) is 11.5 Å². The minimum Gasteiger partial charge on any atom is -0.490 e. The van der Waals surface area contributed by atoms with E-state index in [2.05, 4.69) is 15.5 Å². The largest absolute Gasteiger partial charge is 0.490 e. The number of thioether (sulfide) groups is 1. The normalized spacial score (nSPS) is 18.3. The summed E-state index contributed by atoms with van der Waals surface area (Å²) in [4.78, 5) is 22.3. The van der Waals surface area contributed by atoms with Gasteiger partial charge in [-0.2, -0.15) is 5.10 Å². The first-order valence-electron chi connectivity index (χ1n) is 8.23. The maximum Gasteiger partial charge on any atom is 0.305 e. The van der Waals surface area contributed by atoms with E-state index in [4.69, 9.17) is 14.6 Å². The van der Waals surface area contributed by atoms with Crippen molar-refractivity contribution < 1.29 is 24.2 Å². The molecule has 0 radical (unpaired) electrons. The molecule has 8 nitrogen and oxygen atoms in total. The highest BCUT2D eigenvalue weighted by molar-refractivity contribution is 8.15. The molecular formula is C17H21N3O5S. The lowest BCUT2D eigenvalue weighted by Gasteiger charge is -2.11. The van der Waals surface area contributed by atoms with E-state index >= 15 is 0 Å². The zero-order valence-electron chi connectivity index (χ0n) is 14.6. The summed E-state index contributed by atoms with van der Waals surface area (Å²) in [5.74, 6) is -0.103. The molecule has 2 N–H and O–H groups in total. The molecular weight excluding hydrogens is 358 g/mol. The smallest absolute Gasteiger partial charge is 0.305 e. The number of carbonyl (C=O) groups is 2. The maximum absolute atomic E-state index is 11.6. The molecule has 1 fully saturated rings. The van der Waals surface area contributed by atoms with Crippen molar-refractivity contribution in [1.29, 1.82) is 0 Å². The molecule has 1 heterocycles. The van der Waals surface area contributed by atoms with E-state index in [1.165, 1.54) is 6.21 Å². The average Bonchev–Trinajstić information content (AvgIpc) is 2.93. The van der Waals surface area contributed by atoms with Crippen molar-refractivity contribution in [2.75, 3.05) is 13.2 Å². The Balaban J connectivity index is 2.04. The van der Waals surface area contributed by atoms with Crippen LogP contribution in [-0.2, 0) is 9.59 Å². The van der Waals surface area contributed by atoms with Gasteiger partial charge in [-0.15, -0.1) is 5.10 Å². The summed E-state index contributed by atoms with van der Waals surface area (Å²) in [6.07, 6.45) is 2.17. The lowest BCUT2D eigenvalue weighted by molar-refractivity contribution is -0.138. The fraction of sp³-hybridized carbons (Fsp3) is 0.412. The van der Waals surface area contributed by atoms with Crippen LogP contribution in [0.3, 0.4) is 0 Å². The number of amides is 1. The first-order valence-corrected chi connectivity index (χ1v) is 9.11. The van der Waals surface area contributed by atoms with Crippen molar-refractivity contribution in [3.8, 4) is 11.5 Å². The summed E-state index contributed by atoms with van der Waals surface area (Å²) >= 11 is 1.06. The third kappa shape index (κ3) is 5.76. The zero-order chi connectivity index (χ0) is 18.9. The van der Waals surface area contributed by atoms with E-state index in [9.17, 15) is 9.59 Å². The van der Waals surface area contributed by atoms with Gasteiger partial charge in [0, 0.05) is 0 Å². The predicted octanol–water partition coefficient (Wildman–Crippen LogP) is 2.27. The van der Waals surface area contributed by atoms with E-state index in [-0.39, 0.29) is 17.5 Å². The molecule has 1 aromatic rings. The van der Waals surface area contributed by atoms with Gasteiger partial charge in [-0.05, 0) is 37.1 Å². The van der Waals surface area contributed by atoms with Crippen molar-refractivity contribution >= 4 is 35.0 Å². The molecule has 26 heavy (non-hydrogen) atoms. The number of aliphatic carboxylic acids is 1. The fourth-order valence-electron chi connectivity index (χ4n) is 2.10. The summed E-state index contributed by atoms with van der Waals surface area (Å²) in [6, 6.07) is 5.43. The van der Waals surface area contributed by atoms with Crippen LogP contribution in [0.15, 0.2) is 28.4 Å². The summed E-state index contributed by atoms with van der Waals surface area (Å²) in [5.41, 5.74) is 0.762. The van der Waals surface area contributed by atoms with Crippen LogP contribution < -0.4 is 14.8 Å². The molecule has 1 aliphatic rings. The molecule has 0 aliphatic carbocycles. The van der Waals surface area contributed by atoms with E-state index in [1.54, 1.807) is 6.07 Å². The number of nitrogens with one attached hydrogen (secondary N) is 1. The van der Waals surface area contributed by atoms with Gasteiger partial charge in [0.1, 0.15) is 5.25 Å². The summed E-state index contributed by atoms with van der Waals surface area (Å²) < 4.78 is 11.2. The molecule has 1 amide bonds. The molecule has 0 aromatic heterocycles. The number of ether oxygens (including phenoxy) is 2. The Morgan fingerprint density at radius 2 is 2.15 bits per heavy atom. The highest BCUT2D eigenvalue weighted by Crippen LogP contribution is 2.28. The number of carboxylic acids is 1. The second-order valence-corrected chi connectivity index (χ2v) is 6.52. The Morgan fingerprint density at radius 3 is 2.85 bits per heavy atom. The summed E-state index contributed by atoms with van der Waals surface area (Å²) in [7, 11) is 0. The van der Waals surface area contributed by atoms with E-state index < -0.39 is 11.2 Å². The minimum atomic E-state index is -1.03. The van der Waals surface area contributed by atoms with Gasteiger partial charge < -0.3 is 19.9 Å². The monoisotopic (exact) mass is 379 g/mol. The van der Waals surface area contributed by atoms with Gasteiger partial charge in [-0.3, -0.25) is 9.59 Å². The van der Waals surface area contributed by atoms with Crippen molar-refractivity contribution in [1.82, 2.24) is 5.32 Å². The Hall–Kier alpha value is -2.55. The second kappa shape index (κ2) is 9.81. The number of carboxylic acid groups (broad SMARTS) is 1. The Kier molecular flexibility index (Phi) is 7.46. The SMILES string of the molecule is CCCOc1ccc(C=NN=C2NC(=O)C(CC(=O)O)S2)cc1OCC. The van der Waals surface area contributed by atoms with Crippen LogP contribution in [0.2, 0.25) is 0 Å². The zero-order valence-corrected chi connectivity index (χ0v) is 15.4. The third-order valence-corrected chi connectivity index (χ3v) is 4.29. The van der Waals surface area contributed by atoms with Gasteiger partial charge in [0.15, 0.2) is 16.7 Å². The van der Waals surface area contributed by atoms with Gasteiger partial charge in [0.25, 0.3) is 0 Å². The number of nitrogens with zero attached hydrogens (tertiary/aromatic N) is 2. The number of benzene rings is 1. The molecule has 1 atom stereocenters. The highest BCUT2D eigenvalue weighted by atomic mass is 32.2. The first kappa shape index (κ1) is 19.8. The highest BCUT2D eigenvalue weighted by Gasteiger charge is 2.32. The number of hydrogen-bond donors (Lipinski definition) is 2. The minimum absolute atomic E-state index is 0.254. The van der Waals surface area contributed by atoms with Crippen molar-refractivity contribution in [3.05, 3.63) is 23.8 Å². The lowest BCUT2D eigenvalue weighted by Crippen LogP contribution is -2.26. The van der Waals surface area contributed by atoms with Crippen LogP contribution in [-0.4, -0.2) is 46.8 Å². The van der Waals surface area contributed by atoms with Crippen LogP contribution in [0, 0.1) is 0 Å². The molecule has 0 bridgehead atoms. The van der Waals surface area contributed by atoms with Crippen molar-refractivity contribution in [2.45, 2.75) is 31.9 Å². The summed E-state index contributed by atoms with van der Waals surface area (Å²) in [6.45, 7) is 5.04. The van der Waals surface area contributed by atoms with Gasteiger partial charge in [0.2, 0.25) is 5.91 Å². The van der Waals surface area contributed by atoms with Crippen LogP contribution in [0.4, 0.5) is 0 Å². The topological polar surface area (TPSA) is 110 Å². The second-order valence-electron chi connectivity index (χ2n) is 5.33. The standard InChI is InChI=1S/C17H21N3O5S/c1-3-7-25-12-6-5-11(8-13(12)24-4-2)10-18-20-17-19-16(23)14(26-17)9-15(21)22/h5-6,8,10,14H,3-4,7,9H2,1-2H3,(H,21,22)(H,19,20,23). The Morgan fingerprint density at radius 1 is 1.35 bits per heavy atom. The molecule has 1 saturated heterocycles. The molecule has 1 aliphatic heterocycles. The Bertz CT molecular complexity index is 720. The van der Waals surface area contributed by atoms with E-state index in [1.807, 2.05) is 26.0 Å². The number of amidine groups is 1. The first-order chi connectivity index (χ1) is 12.5. The molecule has 2 rings (SSSR count). The van der Waals surface area contributed by atoms with Crippen LogP contribution in [0.25, 0.3) is 0 Å². The van der Waals surface area contributed by atoms with E-state index in [0.29, 0.717) is 24.7 Å². The average molecular weight is 379 g/mol. The third-order valence-electron chi connectivity index (χ3n) is 3.22. The predicted molar refractivity (Wildman–Crippen MR) is 100 cm³/mol. The Labute approximate surface area is 155 Å². The molecule has 0 saturated carbocycles. The van der Waals surface area contributed by atoms with Crippen LogP contribution >= 0.6 is 11.8 Å². The number of rotatable bonds is 9. The quantitative estimate of drug-likeness (QED) is 0.503. The molecule has 140 valence electrons.